The van der Waals surface area contributed by atoms with Crippen LogP contribution in [0.4, 0.5) is 16.2 Å². The predicted molar refractivity (Wildman–Crippen MR) is 123 cm³/mol. The number of hydrogen-bond acceptors (Lipinski definition) is 6. The van der Waals surface area contributed by atoms with E-state index in [9.17, 15) is 4.79 Å². The van der Waals surface area contributed by atoms with Gasteiger partial charge in [0.15, 0.2) is 0 Å². The number of nitrogens with zero attached hydrogens (tertiary/aromatic N) is 2. The van der Waals surface area contributed by atoms with E-state index in [2.05, 4.69) is 41.4 Å². The van der Waals surface area contributed by atoms with Crippen molar-refractivity contribution < 1.29 is 14.3 Å². The lowest BCUT2D eigenvalue weighted by Crippen LogP contribution is -2.49. The topological polar surface area (TPSA) is 91.5 Å². The monoisotopic (exact) mass is 481 g/mol. The molecule has 0 bridgehead atoms. The molecule has 0 spiro atoms. The summed E-state index contributed by atoms with van der Waals surface area (Å²) >= 11 is 3.70. The van der Waals surface area contributed by atoms with Crippen molar-refractivity contribution in [3.8, 4) is 0 Å². The van der Waals surface area contributed by atoms with Gasteiger partial charge < -0.3 is 30.0 Å². The molecule has 1 aliphatic rings. The molecule has 166 valence electrons. The van der Waals surface area contributed by atoms with Crippen molar-refractivity contribution in [1.82, 2.24) is 15.3 Å². The van der Waals surface area contributed by atoms with Crippen LogP contribution in [0.2, 0.25) is 0 Å². The lowest BCUT2D eigenvalue weighted by molar-refractivity contribution is 0.0500. The average molecular weight is 482 g/mol. The summed E-state index contributed by atoms with van der Waals surface area (Å²) in [4.78, 5) is 22.3. The molecule has 1 saturated heterocycles. The summed E-state index contributed by atoms with van der Waals surface area (Å²) in [5.41, 5.74) is 2.44. The second-order valence-electron chi connectivity index (χ2n) is 8.59. The standard InChI is InChI=1S/C21H32BrN5O3/c1-21(2,3)30-20(28)26-14-7-5-9-27(13-14)18-15(22)11-24-19-17(18)16(12-25-19)23-8-6-10-29-4/h11-12,14,23H,5-10,13H2,1-4H3,(H,24,25)(H,26,28)/t14-/m1/s1. The van der Waals surface area contributed by atoms with Crippen LogP contribution in [-0.2, 0) is 9.47 Å². The quantitative estimate of drug-likeness (QED) is 0.511. The van der Waals surface area contributed by atoms with E-state index in [0.29, 0.717) is 13.2 Å². The van der Waals surface area contributed by atoms with Gasteiger partial charge in [0.25, 0.3) is 0 Å². The first kappa shape index (κ1) is 22.7. The Balaban J connectivity index is 1.78. The first-order valence-corrected chi connectivity index (χ1v) is 11.2. The number of halogens is 1. The number of rotatable bonds is 7. The number of H-pyrrole nitrogens is 1. The number of aromatic amines is 1. The van der Waals surface area contributed by atoms with E-state index >= 15 is 0 Å². The fourth-order valence-electron chi connectivity index (χ4n) is 3.72. The van der Waals surface area contributed by atoms with Crippen molar-refractivity contribution in [1.29, 1.82) is 0 Å². The van der Waals surface area contributed by atoms with Gasteiger partial charge in [-0.05, 0) is 56.0 Å². The molecule has 2 aromatic heterocycles. The van der Waals surface area contributed by atoms with Crippen LogP contribution >= 0.6 is 15.9 Å². The van der Waals surface area contributed by atoms with Gasteiger partial charge in [-0.25, -0.2) is 9.78 Å². The Morgan fingerprint density at radius 2 is 2.23 bits per heavy atom. The number of pyridine rings is 1. The molecule has 0 unspecified atom stereocenters. The second kappa shape index (κ2) is 9.87. The third-order valence-electron chi connectivity index (χ3n) is 4.93. The van der Waals surface area contributed by atoms with Gasteiger partial charge in [0, 0.05) is 51.8 Å². The summed E-state index contributed by atoms with van der Waals surface area (Å²) in [5, 5.41) is 7.57. The summed E-state index contributed by atoms with van der Waals surface area (Å²) in [5.74, 6) is 0. The number of piperidine rings is 1. The van der Waals surface area contributed by atoms with Gasteiger partial charge in [-0.1, -0.05) is 0 Å². The van der Waals surface area contributed by atoms with Crippen molar-refractivity contribution >= 4 is 44.4 Å². The largest absolute Gasteiger partial charge is 0.444 e. The Hall–Kier alpha value is -2.00. The van der Waals surface area contributed by atoms with Crippen LogP contribution in [0.3, 0.4) is 0 Å². The Morgan fingerprint density at radius 3 is 2.97 bits per heavy atom. The molecular formula is C21H32BrN5O3. The van der Waals surface area contributed by atoms with Crippen LogP contribution in [0.5, 0.6) is 0 Å². The fourth-order valence-corrected chi connectivity index (χ4v) is 4.27. The lowest BCUT2D eigenvalue weighted by Gasteiger charge is -2.36. The Labute approximate surface area is 186 Å². The van der Waals surface area contributed by atoms with E-state index in [0.717, 1.165) is 59.2 Å². The highest BCUT2D eigenvalue weighted by Gasteiger charge is 2.27. The van der Waals surface area contributed by atoms with Crippen LogP contribution in [0.1, 0.15) is 40.0 Å². The molecule has 3 N–H and O–H groups in total. The van der Waals surface area contributed by atoms with Gasteiger partial charge in [0.2, 0.25) is 0 Å². The van der Waals surface area contributed by atoms with Crippen molar-refractivity contribution in [3.63, 3.8) is 0 Å². The number of hydrogen-bond donors (Lipinski definition) is 3. The molecule has 1 atom stereocenters. The molecule has 0 aliphatic carbocycles. The number of methoxy groups -OCH3 is 1. The van der Waals surface area contributed by atoms with Crippen LogP contribution < -0.4 is 15.5 Å². The minimum atomic E-state index is -0.507. The maximum atomic E-state index is 12.2. The number of amides is 1. The van der Waals surface area contributed by atoms with E-state index < -0.39 is 5.60 Å². The summed E-state index contributed by atoms with van der Waals surface area (Å²) in [6.45, 7) is 8.78. The molecule has 9 heteroatoms. The number of carbonyl (C=O) groups is 1. The third-order valence-corrected chi connectivity index (χ3v) is 5.51. The highest BCUT2D eigenvalue weighted by Crippen LogP contribution is 2.38. The van der Waals surface area contributed by atoms with Gasteiger partial charge in [-0.15, -0.1) is 0 Å². The van der Waals surface area contributed by atoms with Gasteiger partial charge in [-0.3, -0.25) is 0 Å². The Bertz CT molecular complexity index is 864. The third kappa shape index (κ3) is 5.78. The highest BCUT2D eigenvalue weighted by atomic mass is 79.9. The van der Waals surface area contributed by atoms with E-state index in [-0.39, 0.29) is 12.1 Å². The van der Waals surface area contributed by atoms with E-state index in [1.165, 1.54) is 0 Å². The van der Waals surface area contributed by atoms with Gasteiger partial charge in [-0.2, -0.15) is 0 Å². The maximum Gasteiger partial charge on any atom is 0.407 e. The molecular weight excluding hydrogens is 450 g/mol. The zero-order valence-corrected chi connectivity index (χ0v) is 19.8. The summed E-state index contributed by atoms with van der Waals surface area (Å²) in [7, 11) is 1.71. The lowest BCUT2D eigenvalue weighted by atomic mass is 10.0. The molecule has 30 heavy (non-hydrogen) atoms. The van der Waals surface area contributed by atoms with Crippen LogP contribution in [0, 0.1) is 0 Å². The van der Waals surface area contributed by atoms with E-state index in [1.807, 2.05) is 33.2 Å². The number of nitrogens with one attached hydrogen (secondary N) is 3. The zero-order chi connectivity index (χ0) is 21.7. The summed E-state index contributed by atoms with van der Waals surface area (Å²) in [6.07, 6.45) is 6.25. The van der Waals surface area contributed by atoms with Crippen molar-refractivity contribution in [2.24, 2.45) is 0 Å². The summed E-state index contributed by atoms with van der Waals surface area (Å²) in [6, 6.07) is 0.0285. The van der Waals surface area contributed by atoms with E-state index in [4.69, 9.17) is 9.47 Å². The zero-order valence-electron chi connectivity index (χ0n) is 18.2. The van der Waals surface area contributed by atoms with Gasteiger partial charge >= 0.3 is 6.09 Å². The number of ether oxygens (including phenoxy) is 2. The Kier molecular flexibility index (Phi) is 7.46. The van der Waals surface area contributed by atoms with Gasteiger partial charge in [0.1, 0.15) is 11.2 Å². The van der Waals surface area contributed by atoms with Crippen molar-refractivity contribution in [2.75, 3.05) is 43.6 Å². The molecule has 8 nitrogen and oxygen atoms in total. The molecule has 0 radical (unpaired) electrons. The maximum absolute atomic E-state index is 12.2. The van der Waals surface area contributed by atoms with E-state index in [1.54, 1.807) is 7.11 Å². The number of alkyl carbamates (subject to hydrolysis) is 1. The van der Waals surface area contributed by atoms with Crippen molar-refractivity contribution in [2.45, 2.75) is 51.7 Å². The Morgan fingerprint density at radius 1 is 1.43 bits per heavy atom. The van der Waals surface area contributed by atoms with Crippen LogP contribution in [0.15, 0.2) is 16.9 Å². The summed E-state index contributed by atoms with van der Waals surface area (Å²) < 4.78 is 11.5. The normalized spacial score (nSPS) is 17.2. The average Bonchev–Trinajstić information content (AvgIpc) is 3.07. The minimum Gasteiger partial charge on any atom is -0.444 e. The van der Waals surface area contributed by atoms with Crippen LogP contribution in [-0.4, -0.2) is 61.1 Å². The molecule has 1 aliphatic heterocycles. The first-order chi connectivity index (χ1) is 14.3. The number of aromatic nitrogens is 2. The van der Waals surface area contributed by atoms with Crippen LogP contribution in [0.25, 0.3) is 11.0 Å². The first-order valence-electron chi connectivity index (χ1n) is 10.4. The predicted octanol–water partition coefficient (Wildman–Crippen LogP) is 4.27. The highest BCUT2D eigenvalue weighted by molar-refractivity contribution is 9.10. The molecule has 3 rings (SSSR count). The molecule has 0 aromatic carbocycles. The second-order valence-corrected chi connectivity index (χ2v) is 9.44. The minimum absolute atomic E-state index is 0.0285. The number of fused-ring (bicyclic) bond motifs is 1. The fraction of sp³-hybridized carbons (Fsp3) is 0.619. The molecule has 3 heterocycles. The van der Waals surface area contributed by atoms with Gasteiger partial charge in [0.05, 0.1) is 21.2 Å². The molecule has 1 amide bonds. The molecule has 1 fully saturated rings. The van der Waals surface area contributed by atoms with Crippen molar-refractivity contribution in [3.05, 3.63) is 16.9 Å². The number of anilines is 2. The number of carbonyl (C=O) groups excluding carboxylic acids is 1. The SMILES string of the molecule is COCCCNc1c[nH]c2ncc(Br)c(N3CCC[C@@H](NC(=O)OC(C)(C)C)C3)c12. The molecule has 0 saturated carbocycles. The smallest absolute Gasteiger partial charge is 0.407 e. The molecule has 2 aromatic rings.